The van der Waals surface area contributed by atoms with E-state index in [2.05, 4.69) is 231 Å². The number of benzene rings is 12. The van der Waals surface area contributed by atoms with E-state index in [9.17, 15) is 0 Å². The van der Waals surface area contributed by atoms with Gasteiger partial charge >= 0.3 is 0 Å². The Bertz CT molecular complexity index is 3820. The summed E-state index contributed by atoms with van der Waals surface area (Å²) in [6.45, 7) is 0. The summed E-state index contributed by atoms with van der Waals surface area (Å²) >= 11 is 0. The summed E-state index contributed by atoms with van der Waals surface area (Å²) in [6.07, 6.45) is 0. The minimum absolute atomic E-state index is 0.439. The van der Waals surface area contributed by atoms with Crippen molar-refractivity contribution in [3.63, 3.8) is 0 Å². The van der Waals surface area contributed by atoms with Gasteiger partial charge < -0.3 is 0 Å². The zero-order valence-corrected chi connectivity index (χ0v) is 34.4. The van der Waals surface area contributed by atoms with Crippen LogP contribution in [0.25, 0.3) is 109 Å². The van der Waals surface area contributed by atoms with Crippen LogP contribution in [-0.4, -0.2) is 0 Å². The van der Waals surface area contributed by atoms with Gasteiger partial charge in [0.2, 0.25) is 0 Å². The number of fused-ring (bicyclic) bond motifs is 16. The standard InChI is InChI=1S/C63H38/c1-2-15-40-34-44(29-28-39(40)14-1)41-18-13-19-46(35-41)60-51-22-5-7-24-53(51)61(54-25-8-6-23-52(54)60)47-31-32-48-45(36-47)30-33-55-56-37-42-16-3-4-17-43(42)38-59(56)63(62(48)55)57-26-11-9-20-49(57)50-21-10-12-27-58(50)63/h1-38H. The van der Waals surface area contributed by atoms with Gasteiger partial charge in [-0.15, -0.1) is 0 Å². The van der Waals surface area contributed by atoms with Crippen molar-refractivity contribution in [2.24, 2.45) is 0 Å². The van der Waals surface area contributed by atoms with Gasteiger partial charge in [-0.2, -0.15) is 0 Å². The number of rotatable bonds is 3. The van der Waals surface area contributed by atoms with Gasteiger partial charge in [0.05, 0.1) is 5.41 Å². The highest BCUT2D eigenvalue weighted by Gasteiger charge is 2.52. The molecular weight excluding hydrogens is 757 g/mol. The summed E-state index contributed by atoms with van der Waals surface area (Å²) in [5, 5.41) is 12.7. The molecule has 2 aliphatic rings. The molecule has 290 valence electrons. The quantitative estimate of drug-likeness (QED) is 0.156. The topological polar surface area (TPSA) is 0 Å². The Labute approximate surface area is 366 Å². The molecule has 14 rings (SSSR count). The first-order valence-corrected chi connectivity index (χ1v) is 22.1. The minimum Gasteiger partial charge on any atom is -0.0619 e. The summed E-state index contributed by atoms with van der Waals surface area (Å²) < 4.78 is 0. The van der Waals surface area contributed by atoms with Crippen molar-refractivity contribution < 1.29 is 0 Å². The molecule has 0 nitrogen and oxygen atoms in total. The van der Waals surface area contributed by atoms with Crippen LogP contribution in [0.5, 0.6) is 0 Å². The second kappa shape index (κ2) is 13.0. The molecule has 0 unspecified atom stereocenters. The van der Waals surface area contributed by atoms with Crippen LogP contribution in [-0.2, 0) is 5.41 Å². The largest absolute Gasteiger partial charge is 0.0731 e. The minimum atomic E-state index is -0.439. The van der Waals surface area contributed by atoms with E-state index in [1.54, 1.807) is 0 Å². The highest BCUT2D eigenvalue weighted by molar-refractivity contribution is 6.22. The van der Waals surface area contributed by atoms with E-state index >= 15 is 0 Å². The fourth-order valence-electron chi connectivity index (χ4n) is 11.8. The predicted molar refractivity (Wildman–Crippen MR) is 267 cm³/mol. The van der Waals surface area contributed by atoms with E-state index in [1.807, 2.05) is 0 Å². The lowest BCUT2D eigenvalue weighted by Crippen LogP contribution is -2.26. The smallest absolute Gasteiger partial charge is 0.0619 e. The zero-order chi connectivity index (χ0) is 41.2. The molecular formula is C63H38. The normalized spacial score (nSPS) is 13.2. The summed E-state index contributed by atoms with van der Waals surface area (Å²) in [5.41, 5.74) is 17.8. The predicted octanol–water partition coefficient (Wildman–Crippen LogP) is 16.8. The average molecular weight is 795 g/mol. The average Bonchev–Trinajstić information content (AvgIpc) is 3.81. The van der Waals surface area contributed by atoms with E-state index in [4.69, 9.17) is 0 Å². The SMILES string of the molecule is c1cc(-c2ccc3ccccc3c2)cc(-c2c3ccccc3c(-c3ccc4c5c(ccc4c3)-c3cc4ccccc4cc3C53c4ccccc4-c4ccccc43)c3ccccc23)c1. The second-order valence-corrected chi connectivity index (χ2v) is 17.5. The lowest BCUT2D eigenvalue weighted by atomic mass is 9.69. The molecule has 0 amide bonds. The van der Waals surface area contributed by atoms with Crippen LogP contribution in [0, 0.1) is 0 Å². The Hall–Kier alpha value is -8.06. The number of hydrogen-bond acceptors (Lipinski definition) is 0. The Morgan fingerprint density at radius 2 is 0.698 bits per heavy atom. The molecule has 63 heavy (non-hydrogen) atoms. The monoisotopic (exact) mass is 794 g/mol. The summed E-state index contributed by atoms with van der Waals surface area (Å²) in [6, 6.07) is 86.7. The summed E-state index contributed by atoms with van der Waals surface area (Å²) in [4.78, 5) is 0. The van der Waals surface area contributed by atoms with Crippen molar-refractivity contribution in [2.75, 3.05) is 0 Å². The Balaban J connectivity index is 1.00. The van der Waals surface area contributed by atoms with Crippen LogP contribution < -0.4 is 0 Å². The third-order valence-electron chi connectivity index (χ3n) is 14.4. The molecule has 0 radical (unpaired) electrons. The highest BCUT2D eigenvalue weighted by atomic mass is 14.5. The Morgan fingerprint density at radius 1 is 0.222 bits per heavy atom. The first-order chi connectivity index (χ1) is 31.2. The molecule has 1 spiro atoms. The van der Waals surface area contributed by atoms with Crippen molar-refractivity contribution >= 4 is 53.9 Å². The van der Waals surface area contributed by atoms with Gasteiger partial charge in [-0.3, -0.25) is 0 Å². The third-order valence-corrected chi connectivity index (χ3v) is 14.4. The lowest BCUT2D eigenvalue weighted by Gasteiger charge is -2.31. The molecule has 0 aliphatic heterocycles. The lowest BCUT2D eigenvalue weighted by molar-refractivity contribution is 0.802. The van der Waals surface area contributed by atoms with Crippen molar-refractivity contribution in [1.82, 2.24) is 0 Å². The molecule has 12 aromatic rings. The van der Waals surface area contributed by atoms with Crippen molar-refractivity contribution in [2.45, 2.75) is 5.41 Å². The summed E-state index contributed by atoms with van der Waals surface area (Å²) in [5.74, 6) is 0. The van der Waals surface area contributed by atoms with E-state index in [0.29, 0.717) is 0 Å². The first kappa shape index (κ1) is 34.6. The Kier molecular flexibility index (Phi) is 7.13. The van der Waals surface area contributed by atoms with Gasteiger partial charge in [0.25, 0.3) is 0 Å². The van der Waals surface area contributed by atoms with E-state index < -0.39 is 5.41 Å². The van der Waals surface area contributed by atoms with Gasteiger partial charge in [-0.1, -0.05) is 200 Å². The maximum Gasteiger partial charge on any atom is 0.0731 e. The van der Waals surface area contributed by atoms with Gasteiger partial charge in [0.15, 0.2) is 0 Å². The number of hydrogen-bond donors (Lipinski definition) is 0. The third kappa shape index (κ3) is 4.75. The van der Waals surface area contributed by atoms with Crippen LogP contribution in [0.3, 0.4) is 0 Å². The van der Waals surface area contributed by atoms with Crippen LogP contribution >= 0.6 is 0 Å². The van der Waals surface area contributed by atoms with Crippen molar-refractivity contribution in [3.8, 4) is 55.6 Å². The van der Waals surface area contributed by atoms with Crippen LogP contribution in [0.2, 0.25) is 0 Å². The molecule has 0 atom stereocenters. The van der Waals surface area contributed by atoms with Gasteiger partial charge in [0.1, 0.15) is 0 Å². The highest BCUT2D eigenvalue weighted by Crippen LogP contribution is 2.64. The van der Waals surface area contributed by atoms with Crippen LogP contribution in [0.1, 0.15) is 22.3 Å². The molecule has 0 heteroatoms. The molecule has 12 aromatic carbocycles. The van der Waals surface area contributed by atoms with Crippen LogP contribution in [0.4, 0.5) is 0 Å². The maximum absolute atomic E-state index is 2.49. The molecule has 0 aromatic heterocycles. The van der Waals surface area contributed by atoms with Crippen molar-refractivity contribution in [3.05, 3.63) is 253 Å². The second-order valence-electron chi connectivity index (χ2n) is 17.5. The zero-order valence-electron chi connectivity index (χ0n) is 34.4. The van der Waals surface area contributed by atoms with E-state index in [0.717, 1.165) is 0 Å². The molecule has 2 aliphatic carbocycles. The fourth-order valence-corrected chi connectivity index (χ4v) is 11.8. The summed E-state index contributed by atoms with van der Waals surface area (Å²) in [7, 11) is 0. The maximum atomic E-state index is 2.49. The van der Waals surface area contributed by atoms with Gasteiger partial charge in [-0.05, 0) is 162 Å². The van der Waals surface area contributed by atoms with Crippen LogP contribution in [0.15, 0.2) is 231 Å². The van der Waals surface area contributed by atoms with Gasteiger partial charge in [0, 0.05) is 0 Å². The van der Waals surface area contributed by atoms with Gasteiger partial charge in [-0.25, -0.2) is 0 Å². The van der Waals surface area contributed by atoms with Crippen molar-refractivity contribution in [1.29, 1.82) is 0 Å². The molecule has 0 saturated heterocycles. The first-order valence-electron chi connectivity index (χ1n) is 22.1. The molecule has 0 saturated carbocycles. The molecule has 0 fully saturated rings. The molecule has 0 bridgehead atoms. The Morgan fingerprint density at radius 3 is 1.37 bits per heavy atom. The van der Waals surface area contributed by atoms with E-state index in [-0.39, 0.29) is 0 Å². The van der Waals surface area contributed by atoms with E-state index in [1.165, 1.54) is 132 Å². The molecule has 0 heterocycles. The fraction of sp³-hybridized carbons (Fsp3) is 0.0159. The molecule has 0 N–H and O–H groups in total.